The Kier molecular flexibility index (Phi) is 5.50. The average Bonchev–Trinajstić information content (AvgIpc) is 2.03. The highest BCUT2D eigenvalue weighted by Gasteiger charge is 2.02. The molecule has 5 heteroatoms. The maximum atomic E-state index is 12.9. The standard InChI is InChI=1S/C8H9FN2S.ClH/c9-7-4-2-1-3-6(7)5-12-8(10)11;/h1-4H,5H2,(H3,10,11);1H/p+1. The number of benzene rings is 1. The first-order chi connectivity index (χ1) is 5.70. The lowest BCUT2D eigenvalue weighted by molar-refractivity contribution is -0.110. The molecular weight excluding hydrogens is 211 g/mol. The van der Waals surface area contributed by atoms with Crippen LogP contribution in [0.5, 0.6) is 0 Å². The smallest absolute Gasteiger partial charge is 0.282 e. The molecule has 0 aliphatic rings. The molecule has 0 amide bonds. The summed E-state index contributed by atoms with van der Waals surface area (Å²) in [6, 6.07) is 6.57. The van der Waals surface area contributed by atoms with Crippen LogP contribution < -0.4 is 11.1 Å². The number of amidine groups is 1. The van der Waals surface area contributed by atoms with E-state index >= 15 is 0 Å². The Morgan fingerprint density at radius 3 is 2.62 bits per heavy atom. The summed E-state index contributed by atoms with van der Waals surface area (Å²) in [4.78, 5) is 0. The molecule has 0 aliphatic heterocycles. The molecule has 0 radical (unpaired) electrons. The Balaban J connectivity index is 0.00000144. The van der Waals surface area contributed by atoms with E-state index in [1.54, 1.807) is 18.2 Å². The van der Waals surface area contributed by atoms with Crippen molar-refractivity contribution in [3.8, 4) is 0 Å². The molecule has 2 nitrogen and oxygen atoms in total. The summed E-state index contributed by atoms with van der Waals surface area (Å²) in [5, 5.41) is 5.49. The monoisotopic (exact) mass is 221 g/mol. The first-order valence-corrected chi connectivity index (χ1v) is 4.43. The van der Waals surface area contributed by atoms with Gasteiger partial charge in [0.25, 0.3) is 5.17 Å². The van der Waals surface area contributed by atoms with Crippen LogP contribution in [0.4, 0.5) is 4.39 Å². The molecule has 13 heavy (non-hydrogen) atoms. The predicted octanol–water partition coefficient (Wildman–Crippen LogP) is 0.554. The lowest BCUT2D eigenvalue weighted by atomic mass is 10.2. The van der Waals surface area contributed by atoms with Gasteiger partial charge in [-0.25, -0.2) is 4.39 Å². The zero-order valence-electron chi connectivity index (χ0n) is 6.87. The molecule has 0 saturated carbocycles. The van der Waals surface area contributed by atoms with Crippen molar-refractivity contribution >= 4 is 29.3 Å². The molecule has 0 fully saturated rings. The van der Waals surface area contributed by atoms with Crippen molar-refractivity contribution in [3.63, 3.8) is 0 Å². The van der Waals surface area contributed by atoms with Crippen molar-refractivity contribution in [1.82, 2.24) is 0 Å². The summed E-state index contributed by atoms with van der Waals surface area (Å²) in [5.74, 6) is 0.265. The van der Waals surface area contributed by atoms with Crippen molar-refractivity contribution in [2.75, 3.05) is 0 Å². The minimum atomic E-state index is -0.216. The molecular formula is C8H11ClFN2S+. The average molecular weight is 222 g/mol. The van der Waals surface area contributed by atoms with E-state index < -0.39 is 0 Å². The Morgan fingerprint density at radius 2 is 2.08 bits per heavy atom. The molecule has 72 valence electrons. The zero-order chi connectivity index (χ0) is 8.97. The number of hydrogen-bond acceptors (Lipinski definition) is 1. The van der Waals surface area contributed by atoms with Crippen molar-refractivity contribution in [1.29, 1.82) is 0 Å². The molecule has 1 aromatic rings. The molecule has 1 aromatic carbocycles. The zero-order valence-corrected chi connectivity index (χ0v) is 8.50. The van der Waals surface area contributed by atoms with E-state index in [0.717, 1.165) is 0 Å². The highest BCUT2D eigenvalue weighted by Crippen LogP contribution is 2.13. The van der Waals surface area contributed by atoms with Gasteiger partial charge in [-0.1, -0.05) is 18.2 Å². The second-order valence-corrected chi connectivity index (χ2v) is 3.33. The first kappa shape index (κ1) is 12.3. The van der Waals surface area contributed by atoms with E-state index in [2.05, 4.69) is 0 Å². The summed E-state index contributed by atoms with van der Waals surface area (Å²) in [6.07, 6.45) is 0. The van der Waals surface area contributed by atoms with Gasteiger partial charge >= 0.3 is 0 Å². The third-order valence-corrected chi connectivity index (χ3v) is 2.14. The molecule has 0 heterocycles. The largest absolute Gasteiger partial charge is 0.300 e. The molecule has 4 N–H and O–H groups in total. The maximum absolute atomic E-state index is 12.9. The number of halogens is 2. The van der Waals surface area contributed by atoms with Crippen LogP contribution in [0.2, 0.25) is 0 Å². The van der Waals surface area contributed by atoms with Crippen LogP contribution in [0.1, 0.15) is 5.56 Å². The third-order valence-electron chi connectivity index (χ3n) is 1.35. The van der Waals surface area contributed by atoms with Gasteiger partial charge in [-0.05, 0) is 23.4 Å². The molecule has 0 aliphatic carbocycles. The molecule has 0 atom stereocenters. The number of thioether (sulfide) groups is 1. The predicted molar refractivity (Wildman–Crippen MR) is 56.1 cm³/mol. The van der Waals surface area contributed by atoms with Gasteiger partial charge in [0.2, 0.25) is 0 Å². The van der Waals surface area contributed by atoms with Gasteiger partial charge in [0.1, 0.15) is 5.82 Å². The minimum absolute atomic E-state index is 0. The lowest BCUT2D eigenvalue weighted by Gasteiger charge is -1.98. The van der Waals surface area contributed by atoms with Crippen molar-refractivity contribution < 1.29 is 9.80 Å². The molecule has 0 spiro atoms. The minimum Gasteiger partial charge on any atom is -0.282 e. The van der Waals surface area contributed by atoms with Crippen molar-refractivity contribution in [3.05, 3.63) is 35.6 Å². The Labute approximate surface area is 86.6 Å². The fraction of sp³-hybridized carbons (Fsp3) is 0.125. The first-order valence-electron chi connectivity index (χ1n) is 3.44. The van der Waals surface area contributed by atoms with Crippen LogP contribution in [-0.2, 0) is 5.75 Å². The van der Waals surface area contributed by atoms with Gasteiger partial charge in [0.05, 0.1) is 0 Å². The van der Waals surface area contributed by atoms with Gasteiger partial charge < -0.3 is 0 Å². The molecule has 1 rings (SSSR count). The van der Waals surface area contributed by atoms with E-state index in [9.17, 15) is 4.39 Å². The maximum Gasteiger partial charge on any atom is 0.300 e. The van der Waals surface area contributed by atoms with E-state index in [-0.39, 0.29) is 23.4 Å². The summed E-state index contributed by atoms with van der Waals surface area (Å²) in [6.45, 7) is 0. The highest BCUT2D eigenvalue weighted by atomic mass is 35.5. The summed E-state index contributed by atoms with van der Waals surface area (Å²) < 4.78 is 12.9. The third kappa shape index (κ3) is 4.15. The Bertz CT molecular complexity index is 293. The van der Waals surface area contributed by atoms with Crippen LogP contribution in [-0.4, -0.2) is 5.17 Å². The van der Waals surface area contributed by atoms with Crippen LogP contribution in [0.15, 0.2) is 24.3 Å². The summed E-state index contributed by atoms with van der Waals surface area (Å²) in [5.41, 5.74) is 5.85. The Morgan fingerprint density at radius 1 is 1.46 bits per heavy atom. The van der Waals surface area contributed by atoms with Gasteiger partial charge in [-0.15, -0.1) is 12.4 Å². The Hall–Kier alpha value is -0.740. The lowest BCUT2D eigenvalue weighted by Crippen LogP contribution is -2.43. The van der Waals surface area contributed by atoms with Gasteiger partial charge in [-0.2, -0.15) is 0 Å². The van der Waals surface area contributed by atoms with E-state index in [0.29, 0.717) is 11.3 Å². The number of nitrogens with two attached hydrogens (primary N) is 2. The van der Waals surface area contributed by atoms with Gasteiger partial charge in [-0.3, -0.25) is 11.1 Å². The van der Waals surface area contributed by atoms with E-state index in [1.807, 2.05) is 0 Å². The van der Waals surface area contributed by atoms with Crippen molar-refractivity contribution in [2.24, 2.45) is 5.73 Å². The van der Waals surface area contributed by atoms with Crippen LogP contribution in [0.25, 0.3) is 0 Å². The second kappa shape index (κ2) is 5.83. The number of rotatable bonds is 2. The summed E-state index contributed by atoms with van der Waals surface area (Å²) in [7, 11) is 0. The topological polar surface area (TPSA) is 51.6 Å². The normalized spacial score (nSPS) is 9.00. The van der Waals surface area contributed by atoms with Crippen molar-refractivity contribution in [2.45, 2.75) is 5.75 Å². The number of hydrogen-bond donors (Lipinski definition) is 2. The van der Waals surface area contributed by atoms with E-state index in [4.69, 9.17) is 11.1 Å². The second-order valence-electron chi connectivity index (χ2n) is 2.28. The quantitative estimate of drug-likeness (QED) is 0.566. The molecule has 0 saturated heterocycles. The molecule has 0 aromatic heterocycles. The fourth-order valence-corrected chi connectivity index (χ4v) is 1.33. The van der Waals surface area contributed by atoms with Crippen LogP contribution in [0.3, 0.4) is 0 Å². The van der Waals surface area contributed by atoms with Gasteiger partial charge in [0, 0.05) is 5.75 Å². The van der Waals surface area contributed by atoms with E-state index in [1.165, 1.54) is 17.8 Å². The summed E-state index contributed by atoms with van der Waals surface area (Å²) >= 11 is 1.23. The molecule has 0 unspecified atom stereocenters. The van der Waals surface area contributed by atoms with Gasteiger partial charge in [0.15, 0.2) is 0 Å². The molecule has 0 bridgehead atoms. The SMILES string of the molecule is Cl.NC(=[NH2+])SCc1ccccc1F. The van der Waals surface area contributed by atoms with Crippen LogP contribution in [0, 0.1) is 5.82 Å². The fourth-order valence-electron chi connectivity index (χ4n) is 0.777. The highest BCUT2D eigenvalue weighted by molar-refractivity contribution is 8.12. The van der Waals surface area contributed by atoms with Crippen LogP contribution >= 0.6 is 24.2 Å².